The SMILES string of the molecule is COc1ccccc1C(=O)COc1cccc(Cl)c1F. The van der Waals surface area contributed by atoms with Gasteiger partial charge >= 0.3 is 0 Å². The van der Waals surface area contributed by atoms with Crippen LogP contribution in [0.3, 0.4) is 0 Å². The van der Waals surface area contributed by atoms with E-state index in [-0.39, 0.29) is 23.2 Å². The maximum absolute atomic E-state index is 13.6. The van der Waals surface area contributed by atoms with Gasteiger partial charge in [0, 0.05) is 0 Å². The molecule has 0 aliphatic rings. The number of rotatable bonds is 5. The molecule has 0 saturated heterocycles. The fraction of sp³-hybridized carbons (Fsp3) is 0.133. The highest BCUT2D eigenvalue weighted by Crippen LogP contribution is 2.24. The number of carbonyl (C=O) groups excluding carboxylic acids is 1. The molecule has 5 heteroatoms. The Morgan fingerprint density at radius 2 is 1.85 bits per heavy atom. The molecule has 0 amide bonds. The van der Waals surface area contributed by atoms with Crippen LogP contribution < -0.4 is 9.47 Å². The highest BCUT2D eigenvalue weighted by atomic mass is 35.5. The van der Waals surface area contributed by atoms with Gasteiger partial charge < -0.3 is 9.47 Å². The fourth-order valence-corrected chi connectivity index (χ4v) is 1.86. The second-order valence-corrected chi connectivity index (χ2v) is 4.37. The second-order valence-electron chi connectivity index (χ2n) is 3.96. The van der Waals surface area contributed by atoms with Crippen LogP contribution in [0.5, 0.6) is 11.5 Å². The maximum atomic E-state index is 13.6. The highest BCUT2D eigenvalue weighted by Gasteiger charge is 2.14. The number of carbonyl (C=O) groups is 1. The molecule has 3 nitrogen and oxygen atoms in total. The Morgan fingerprint density at radius 3 is 2.60 bits per heavy atom. The molecule has 20 heavy (non-hydrogen) atoms. The molecule has 0 bridgehead atoms. The Bertz CT molecular complexity index is 628. The zero-order valence-corrected chi connectivity index (χ0v) is 11.5. The molecular formula is C15H12ClFO3. The average Bonchev–Trinajstić information content (AvgIpc) is 2.48. The summed E-state index contributed by atoms with van der Waals surface area (Å²) in [6, 6.07) is 11.1. The van der Waals surface area contributed by atoms with E-state index in [0.717, 1.165) is 0 Å². The summed E-state index contributed by atoms with van der Waals surface area (Å²) in [5.74, 6) is -0.586. The van der Waals surface area contributed by atoms with Gasteiger partial charge in [-0.15, -0.1) is 0 Å². The van der Waals surface area contributed by atoms with Crippen LogP contribution in [-0.2, 0) is 0 Å². The van der Waals surface area contributed by atoms with Crippen LogP contribution in [0.1, 0.15) is 10.4 Å². The van der Waals surface area contributed by atoms with E-state index >= 15 is 0 Å². The molecule has 0 unspecified atom stereocenters. The largest absolute Gasteiger partial charge is 0.496 e. The van der Waals surface area contributed by atoms with Gasteiger partial charge in [-0.05, 0) is 24.3 Å². The van der Waals surface area contributed by atoms with Gasteiger partial charge in [0.25, 0.3) is 0 Å². The molecule has 2 aromatic rings. The van der Waals surface area contributed by atoms with Crippen LogP contribution in [0.2, 0.25) is 5.02 Å². The summed E-state index contributed by atoms with van der Waals surface area (Å²) >= 11 is 5.63. The Balaban J connectivity index is 2.11. The van der Waals surface area contributed by atoms with Gasteiger partial charge in [-0.25, -0.2) is 4.39 Å². The molecule has 0 aliphatic heterocycles. The van der Waals surface area contributed by atoms with E-state index in [4.69, 9.17) is 21.1 Å². The van der Waals surface area contributed by atoms with Crippen molar-refractivity contribution < 1.29 is 18.7 Å². The average molecular weight is 295 g/mol. The number of Topliss-reactive ketones (excluding diaryl/α,β-unsaturated/α-hetero) is 1. The van der Waals surface area contributed by atoms with Gasteiger partial charge in [-0.2, -0.15) is 0 Å². The first-order valence-electron chi connectivity index (χ1n) is 5.86. The molecule has 0 fully saturated rings. The number of para-hydroxylation sites is 1. The number of benzene rings is 2. The van der Waals surface area contributed by atoms with Crippen molar-refractivity contribution in [1.82, 2.24) is 0 Å². The molecule has 0 aliphatic carbocycles. The van der Waals surface area contributed by atoms with Crippen molar-refractivity contribution in [2.45, 2.75) is 0 Å². The second kappa shape index (κ2) is 6.39. The van der Waals surface area contributed by atoms with E-state index in [0.29, 0.717) is 11.3 Å². The molecule has 0 radical (unpaired) electrons. The first-order chi connectivity index (χ1) is 9.63. The summed E-state index contributed by atoms with van der Waals surface area (Å²) in [6.07, 6.45) is 0. The summed E-state index contributed by atoms with van der Waals surface area (Å²) < 4.78 is 23.9. The predicted molar refractivity (Wildman–Crippen MR) is 74.2 cm³/mol. The smallest absolute Gasteiger partial charge is 0.203 e. The molecule has 0 atom stereocenters. The van der Waals surface area contributed by atoms with Gasteiger partial charge in [0.05, 0.1) is 17.7 Å². The Hall–Kier alpha value is -2.07. The van der Waals surface area contributed by atoms with Crippen LogP contribution in [0.25, 0.3) is 0 Å². The number of ketones is 1. The third kappa shape index (κ3) is 3.08. The van der Waals surface area contributed by atoms with Gasteiger partial charge in [0.1, 0.15) is 5.75 Å². The Morgan fingerprint density at radius 1 is 1.15 bits per heavy atom. The summed E-state index contributed by atoms with van der Waals surface area (Å²) in [7, 11) is 1.48. The van der Waals surface area contributed by atoms with Gasteiger partial charge in [-0.3, -0.25) is 4.79 Å². The number of halogens is 2. The van der Waals surface area contributed by atoms with Crippen LogP contribution in [-0.4, -0.2) is 19.5 Å². The van der Waals surface area contributed by atoms with Crippen molar-refractivity contribution in [3.63, 3.8) is 0 Å². The number of methoxy groups -OCH3 is 1. The normalized spacial score (nSPS) is 10.2. The van der Waals surface area contributed by atoms with Crippen molar-refractivity contribution in [3.8, 4) is 11.5 Å². The van der Waals surface area contributed by atoms with Crippen LogP contribution in [0.4, 0.5) is 4.39 Å². The lowest BCUT2D eigenvalue weighted by atomic mass is 10.1. The molecule has 2 rings (SSSR count). The highest BCUT2D eigenvalue weighted by molar-refractivity contribution is 6.30. The molecular weight excluding hydrogens is 283 g/mol. The van der Waals surface area contributed by atoms with E-state index in [1.165, 1.54) is 19.2 Å². The molecule has 0 heterocycles. The molecule has 0 aromatic heterocycles. The Kier molecular flexibility index (Phi) is 4.58. The molecule has 2 aromatic carbocycles. The van der Waals surface area contributed by atoms with Crippen LogP contribution in [0, 0.1) is 5.82 Å². The summed E-state index contributed by atoms with van der Waals surface area (Å²) in [6.45, 7) is -0.294. The van der Waals surface area contributed by atoms with E-state index in [2.05, 4.69) is 0 Å². The topological polar surface area (TPSA) is 35.5 Å². The third-order valence-corrected chi connectivity index (χ3v) is 2.97. The van der Waals surface area contributed by atoms with E-state index in [1.807, 2.05) is 0 Å². The first-order valence-corrected chi connectivity index (χ1v) is 6.24. The van der Waals surface area contributed by atoms with Gasteiger partial charge in [-0.1, -0.05) is 29.8 Å². The minimum atomic E-state index is -0.679. The molecule has 0 spiro atoms. The lowest BCUT2D eigenvalue weighted by Crippen LogP contribution is -2.13. The lowest BCUT2D eigenvalue weighted by Gasteiger charge is -2.09. The quantitative estimate of drug-likeness (QED) is 0.788. The summed E-state index contributed by atoms with van der Waals surface area (Å²) in [4.78, 5) is 12.0. The lowest BCUT2D eigenvalue weighted by molar-refractivity contribution is 0.0915. The van der Waals surface area contributed by atoms with E-state index in [9.17, 15) is 9.18 Å². The minimum absolute atomic E-state index is 0.0489. The fourth-order valence-electron chi connectivity index (χ4n) is 1.69. The predicted octanol–water partition coefficient (Wildman–Crippen LogP) is 3.75. The van der Waals surface area contributed by atoms with E-state index in [1.54, 1.807) is 30.3 Å². The van der Waals surface area contributed by atoms with Crippen molar-refractivity contribution in [2.75, 3.05) is 13.7 Å². The summed E-state index contributed by atoms with van der Waals surface area (Å²) in [5, 5.41) is -0.0489. The van der Waals surface area contributed by atoms with Gasteiger partial charge in [0.2, 0.25) is 5.78 Å². The van der Waals surface area contributed by atoms with Crippen LogP contribution >= 0.6 is 11.6 Å². The van der Waals surface area contributed by atoms with Crippen molar-refractivity contribution in [2.24, 2.45) is 0 Å². The maximum Gasteiger partial charge on any atom is 0.203 e. The standard InChI is InChI=1S/C15H12ClFO3/c1-19-13-7-3-2-5-10(13)12(18)9-20-14-8-4-6-11(16)15(14)17/h2-8H,9H2,1H3. The first kappa shape index (κ1) is 14.3. The number of hydrogen-bond donors (Lipinski definition) is 0. The Labute approximate surface area is 120 Å². The van der Waals surface area contributed by atoms with Crippen LogP contribution in [0.15, 0.2) is 42.5 Å². The van der Waals surface area contributed by atoms with Crippen molar-refractivity contribution >= 4 is 17.4 Å². The zero-order chi connectivity index (χ0) is 14.5. The monoisotopic (exact) mass is 294 g/mol. The minimum Gasteiger partial charge on any atom is -0.496 e. The zero-order valence-electron chi connectivity index (χ0n) is 10.7. The van der Waals surface area contributed by atoms with Gasteiger partial charge in [0.15, 0.2) is 18.2 Å². The molecule has 104 valence electrons. The molecule has 0 N–H and O–H groups in total. The number of hydrogen-bond acceptors (Lipinski definition) is 3. The third-order valence-electron chi connectivity index (χ3n) is 2.68. The summed E-state index contributed by atoms with van der Waals surface area (Å²) in [5.41, 5.74) is 0.387. The van der Waals surface area contributed by atoms with Crippen molar-refractivity contribution in [3.05, 3.63) is 58.9 Å². The number of ether oxygens (including phenoxy) is 2. The van der Waals surface area contributed by atoms with Crippen molar-refractivity contribution in [1.29, 1.82) is 0 Å². The van der Waals surface area contributed by atoms with E-state index < -0.39 is 5.82 Å². The molecule has 0 saturated carbocycles.